The standard InChI is InChI=1S/C9H19NO2S/c1-4-6-9(10-7-5-2)8-13(3,11)12/h4,9-10H,1,5-8H2,2-3H3. The van der Waals surface area contributed by atoms with Gasteiger partial charge in [0.05, 0.1) is 5.75 Å². The normalized spacial score (nSPS) is 14.0. The van der Waals surface area contributed by atoms with Crippen LogP contribution in [0.4, 0.5) is 0 Å². The molecular weight excluding hydrogens is 186 g/mol. The van der Waals surface area contributed by atoms with Gasteiger partial charge in [-0.05, 0) is 19.4 Å². The molecule has 0 saturated carbocycles. The van der Waals surface area contributed by atoms with E-state index in [9.17, 15) is 8.42 Å². The molecule has 4 heteroatoms. The molecule has 3 nitrogen and oxygen atoms in total. The van der Waals surface area contributed by atoms with E-state index in [4.69, 9.17) is 0 Å². The monoisotopic (exact) mass is 205 g/mol. The Balaban J connectivity index is 4.01. The van der Waals surface area contributed by atoms with Crippen LogP contribution in [0.3, 0.4) is 0 Å². The molecule has 0 saturated heterocycles. The Hall–Kier alpha value is -0.350. The minimum Gasteiger partial charge on any atom is -0.313 e. The van der Waals surface area contributed by atoms with Crippen LogP contribution in [0.5, 0.6) is 0 Å². The van der Waals surface area contributed by atoms with Crippen molar-refractivity contribution in [3.05, 3.63) is 12.7 Å². The average Bonchev–Trinajstić information content (AvgIpc) is 1.98. The highest BCUT2D eigenvalue weighted by Gasteiger charge is 2.12. The molecular formula is C9H19NO2S. The van der Waals surface area contributed by atoms with E-state index in [0.717, 1.165) is 13.0 Å². The lowest BCUT2D eigenvalue weighted by molar-refractivity contribution is 0.536. The van der Waals surface area contributed by atoms with Crippen molar-refractivity contribution in [1.29, 1.82) is 0 Å². The molecule has 1 atom stereocenters. The van der Waals surface area contributed by atoms with E-state index >= 15 is 0 Å². The fourth-order valence-electron chi connectivity index (χ4n) is 1.13. The van der Waals surface area contributed by atoms with E-state index in [0.29, 0.717) is 6.42 Å². The highest BCUT2D eigenvalue weighted by Crippen LogP contribution is 1.97. The van der Waals surface area contributed by atoms with Gasteiger partial charge in [-0.15, -0.1) is 6.58 Å². The molecule has 13 heavy (non-hydrogen) atoms. The SMILES string of the molecule is C=CCC(CS(C)(=O)=O)NCCC. The molecule has 0 aromatic heterocycles. The van der Waals surface area contributed by atoms with Crippen molar-refractivity contribution in [3.8, 4) is 0 Å². The molecule has 1 unspecified atom stereocenters. The van der Waals surface area contributed by atoms with Gasteiger partial charge in [0.2, 0.25) is 0 Å². The second-order valence-corrected chi connectivity index (χ2v) is 5.45. The summed E-state index contributed by atoms with van der Waals surface area (Å²) >= 11 is 0. The van der Waals surface area contributed by atoms with Crippen LogP contribution in [0, 0.1) is 0 Å². The van der Waals surface area contributed by atoms with Crippen molar-refractivity contribution in [2.24, 2.45) is 0 Å². The molecule has 0 fully saturated rings. The lowest BCUT2D eigenvalue weighted by Gasteiger charge is -2.15. The van der Waals surface area contributed by atoms with Gasteiger partial charge in [-0.25, -0.2) is 8.42 Å². The van der Waals surface area contributed by atoms with Crippen molar-refractivity contribution in [3.63, 3.8) is 0 Å². The molecule has 0 amide bonds. The predicted octanol–water partition coefficient (Wildman–Crippen LogP) is 0.975. The zero-order valence-corrected chi connectivity index (χ0v) is 9.23. The van der Waals surface area contributed by atoms with E-state index < -0.39 is 9.84 Å². The van der Waals surface area contributed by atoms with Crippen molar-refractivity contribution in [1.82, 2.24) is 5.32 Å². The fourth-order valence-corrected chi connectivity index (χ4v) is 2.11. The Morgan fingerprint density at radius 1 is 1.54 bits per heavy atom. The summed E-state index contributed by atoms with van der Waals surface area (Å²) in [6, 6.07) is 0.0208. The molecule has 0 aliphatic carbocycles. The second kappa shape index (κ2) is 6.16. The van der Waals surface area contributed by atoms with Crippen LogP contribution in [0.1, 0.15) is 19.8 Å². The first-order valence-electron chi connectivity index (χ1n) is 4.51. The highest BCUT2D eigenvalue weighted by molar-refractivity contribution is 7.90. The van der Waals surface area contributed by atoms with Crippen LogP contribution in [-0.4, -0.2) is 33.0 Å². The summed E-state index contributed by atoms with van der Waals surface area (Å²) in [5, 5.41) is 3.18. The number of rotatable bonds is 7. The lowest BCUT2D eigenvalue weighted by atomic mass is 10.2. The summed E-state index contributed by atoms with van der Waals surface area (Å²) < 4.78 is 22.0. The molecule has 0 rings (SSSR count). The van der Waals surface area contributed by atoms with Gasteiger partial charge in [-0.2, -0.15) is 0 Å². The van der Waals surface area contributed by atoms with Crippen molar-refractivity contribution in [2.75, 3.05) is 18.6 Å². The number of hydrogen-bond acceptors (Lipinski definition) is 3. The summed E-state index contributed by atoms with van der Waals surface area (Å²) in [5.74, 6) is 0.193. The largest absolute Gasteiger partial charge is 0.313 e. The van der Waals surface area contributed by atoms with Gasteiger partial charge in [0.15, 0.2) is 0 Å². The molecule has 0 aliphatic rings. The quantitative estimate of drug-likeness (QED) is 0.630. The Morgan fingerprint density at radius 3 is 2.54 bits per heavy atom. The minimum atomic E-state index is -2.89. The molecule has 0 spiro atoms. The third-order valence-corrected chi connectivity index (χ3v) is 2.65. The summed E-state index contributed by atoms with van der Waals surface area (Å²) in [7, 11) is -2.89. The van der Waals surface area contributed by atoms with Gasteiger partial charge in [0, 0.05) is 12.3 Å². The zero-order chi connectivity index (χ0) is 10.3. The number of sulfone groups is 1. The Morgan fingerprint density at radius 2 is 2.15 bits per heavy atom. The van der Waals surface area contributed by atoms with Gasteiger partial charge in [0.1, 0.15) is 9.84 Å². The molecule has 78 valence electrons. The van der Waals surface area contributed by atoms with Crippen LogP contribution in [0.25, 0.3) is 0 Å². The number of nitrogens with one attached hydrogen (secondary N) is 1. The van der Waals surface area contributed by atoms with E-state index in [2.05, 4.69) is 18.8 Å². The molecule has 0 heterocycles. The maximum Gasteiger partial charge on any atom is 0.148 e. The van der Waals surface area contributed by atoms with E-state index in [1.54, 1.807) is 6.08 Å². The third kappa shape index (κ3) is 7.99. The molecule has 0 bridgehead atoms. The lowest BCUT2D eigenvalue weighted by Crippen LogP contribution is -2.35. The summed E-state index contributed by atoms with van der Waals surface area (Å²) in [6.45, 7) is 6.51. The Labute approximate surface area is 81.1 Å². The summed E-state index contributed by atoms with van der Waals surface area (Å²) in [5.41, 5.74) is 0. The van der Waals surface area contributed by atoms with E-state index in [1.807, 2.05) is 0 Å². The van der Waals surface area contributed by atoms with Gasteiger partial charge >= 0.3 is 0 Å². The first-order chi connectivity index (χ1) is 5.99. The van der Waals surface area contributed by atoms with Crippen molar-refractivity contribution < 1.29 is 8.42 Å². The highest BCUT2D eigenvalue weighted by atomic mass is 32.2. The summed E-state index contributed by atoms with van der Waals surface area (Å²) in [6.07, 6.45) is 4.72. The Bertz CT molecular complexity index is 234. The maximum absolute atomic E-state index is 11.0. The molecule has 0 aromatic rings. The average molecular weight is 205 g/mol. The van der Waals surface area contributed by atoms with Crippen LogP contribution in [0.2, 0.25) is 0 Å². The molecule has 1 N–H and O–H groups in total. The first kappa shape index (κ1) is 12.7. The second-order valence-electron chi connectivity index (χ2n) is 3.27. The van der Waals surface area contributed by atoms with Crippen molar-refractivity contribution >= 4 is 9.84 Å². The van der Waals surface area contributed by atoms with E-state index in [-0.39, 0.29) is 11.8 Å². The number of hydrogen-bond donors (Lipinski definition) is 1. The minimum absolute atomic E-state index is 0.0208. The Kier molecular flexibility index (Phi) is 5.99. The van der Waals surface area contributed by atoms with Gasteiger partial charge in [-0.3, -0.25) is 0 Å². The third-order valence-electron chi connectivity index (χ3n) is 1.64. The van der Waals surface area contributed by atoms with Crippen LogP contribution in [-0.2, 0) is 9.84 Å². The molecule has 0 radical (unpaired) electrons. The topological polar surface area (TPSA) is 46.2 Å². The maximum atomic E-state index is 11.0. The molecule has 0 aromatic carbocycles. The van der Waals surface area contributed by atoms with E-state index in [1.165, 1.54) is 6.26 Å². The predicted molar refractivity (Wildman–Crippen MR) is 56.6 cm³/mol. The fraction of sp³-hybridized carbons (Fsp3) is 0.778. The zero-order valence-electron chi connectivity index (χ0n) is 8.41. The molecule has 0 aliphatic heterocycles. The van der Waals surface area contributed by atoms with Gasteiger partial charge in [0.25, 0.3) is 0 Å². The van der Waals surface area contributed by atoms with Crippen LogP contribution in [0.15, 0.2) is 12.7 Å². The smallest absolute Gasteiger partial charge is 0.148 e. The van der Waals surface area contributed by atoms with Gasteiger partial charge < -0.3 is 5.32 Å². The van der Waals surface area contributed by atoms with Crippen LogP contribution < -0.4 is 5.32 Å². The van der Waals surface area contributed by atoms with Crippen molar-refractivity contribution in [2.45, 2.75) is 25.8 Å². The first-order valence-corrected chi connectivity index (χ1v) is 6.57. The van der Waals surface area contributed by atoms with Gasteiger partial charge in [-0.1, -0.05) is 13.0 Å². The van der Waals surface area contributed by atoms with Crippen LogP contribution >= 0.6 is 0 Å². The summed E-state index contributed by atoms with van der Waals surface area (Å²) in [4.78, 5) is 0.